The van der Waals surface area contributed by atoms with E-state index < -0.39 is 33.6 Å². The van der Waals surface area contributed by atoms with E-state index in [1.54, 1.807) is 0 Å². The number of rotatable bonds is 7. The molecule has 1 amide bonds. The largest absolute Gasteiger partial charge is 0.433 e. The van der Waals surface area contributed by atoms with Gasteiger partial charge in [-0.1, -0.05) is 12.0 Å². The zero-order valence-electron chi connectivity index (χ0n) is 16.8. The highest BCUT2D eigenvalue weighted by molar-refractivity contribution is 8.03. The molecule has 2 rings (SSSR count). The Hall–Kier alpha value is -3.48. The molecule has 0 radical (unpaired) electrons. The van der Waals surface area contributed by atoms with Crippen LogP contribution >= 0.6 is 11.8 Å². The molecule has 0 saturated heterocycles. The molecule has 0 aliphatic carbocycles. The molecule has 12 heteroatoms. The summed E-state index contributed by atoms with van der Waals surface area (Å²) in [5.41, 5.74) is -1.13. The van der Waals surface area contributed by atoms with E-state index in [9.17, 15) is 30.8 Å². The molecule has 1 heterocycles. The van der Waals surface area contributed by atoms with Crippen LogP contribution in [-0.2, 0) is 27.5 Å². The molecule has 1 aromatic heterocycles. The maximum absolute atomic E-state index is 14.3. The zero-order chi connectivity index (χ0) is 24.8. The Kier molecular flexibility index (Phi) is 8.14. The summed E-state index contributed by atoms with van der Waals surface area (Å²) in [6.07, 6.45) is 8.92. The Bertz CT molecular complexity index is 1290. The maximum Gasteiger partial charge on any atom is 0.433 e. The summed E-state index contributed by atoms with van der Waals surface area (Å²) in [5.74, 6) is 0.594. The molecule has 6 nitrogen and oxygen atoms in total. The normalized spacial score (nSPS) is 11.6. The number of terminal acetylenes is 2. The van der Waals surface area contributed by atoms with Crippen molar-refractivity contribution in [2.45, 2.75) is 17.7 Å². The topological polar surface area (TPSA) is 88.2 Å². The van der Waals surface area contributed by atoms with Crippen LogP contribution < -0.4 is 10.0 Å². The Labute approximate surface area is 191 Å². The van der Waals surface area contributed by atoms with Gasteiger partial charge in [-0.25, -0.2) is 17.8 Å². The fourth-order valence-electron chi connectivity index (χ4n) is 2.45. The number of nitrogens with one attached hydrogen (secondary N) is 2. The third-order valence-corrected chi connectivity index (χ3v) is 5.02. The number of alkyl halides is 3. The summed E-state index contributed by atoms with van der Waals surface area (Å²) in [5, 5.41) is 4.48. The van der Waals surface area contributed by atoms with Crippen molar-refractivity contribution in [3.63, 3.8) is 0 Å². The molecular weight excluding hydrogens is 482 g/mol. The number of amides is 1. The van der Waals surface area contributed by atoms with Crippen LogP contribution in [0.4, 0.5) is 23.2 Å². The molecule has 0 saturated carbocycles. The summed E-state index contributed by atoms with van der Waals surface area (Å²) in [6.45, 7) is -0.162. The molecule has 0 atom stereocenters. The van der Waals surface area contributed by atoms with Gasteiger partial charge in [0.05, 0.1) is 17.5 Å². The second kappa shape index (κ2) is 10.4. The Morgan fingerprint density at radius 1 is 1.27 bits per heavy atom. The van der Waals surface area contributed by atoms with Gasteiger partial charge in [-0.05, 0) is 46.9 Å². The number of aromatic nitrogens is 1. The number of halogens is 4. The maximum atomic E-state index is 14.3. The van der Waals surface area contributed by atoms with Gasteiger partial charge in [0.25, 0.3) is 0 Å². The summed E-state index contributed by atoms with van der Waals surface area (Å²) in [4.78, 5) is 15.6. The van der Waals surface area contributed by atoms with E-state index in [1.165, 1.54) is 12.1 Å². The average molecular weight is 497 g/mol. The second-order valence-electron chi connectivity index (χ2n) is 6.38. The number of thioether (sulfide) groups is 1. The lowest BCUT2D eigenvalue weighted by atomic mass is 10.1. The molecule has 0 fully saturated rings. The van der Waals surface area contributed by atoms with Crippen molar-refractivity contribution in [2.75, 3.05) is 11.0 Å². The summed E-state index contributed by atoms with van der Waals surface area (Å²) < 4.78 is 77.5. The Morgan fingerprint density at radius 3 is 2.55 bits per heavy atom. The summed E-state index contributed by atoms with van der Waals surface area (Å²) in [6, 6.07) is 4.21. The minimum absolute atomic E-state index is 0.0630. The number of nitrogens with zero attached hydrogens (tertiary/aromatic N) is 1. The predicted octanol–water partition coefficient (Wildman–Crippen LogP) is 3.60. The molecule has 0 bridgehead atoms. The van der Waals surface area contributed by atoms with Gasteiger partial charge in [0.2, 0.25) is 15.9 Å². The van der Waals surface area contributed by atoms with Crippen molar-refractivity contribution < 1.29 is 30.8 Å². The van der Waals surface area contributed by atoms with Crippen molar-refractivity contribution in [1.29, 1.82) is 0 Å². The third-order valence-electron chi connectivity index (χ3n) is 3.81. The first kappa shape index (κ1) is 25.8. The van der Waals surface area contributed by atoms with E-state index in [0.717, 1.165) is 30.5 Å². The van der Waals surface area contributed by atoms with Gasteiger partial charge < -0.3 is 5.32 Å². The van der Waals surface area contributed by atoms with Gasteiger partial charge in [-0.15, -0.1) is 12.8 Å². The lowest BCUT2D eigenvalue weighted by Gasteiger charge is -2.11. The molecular formula is C21H15F4N3O3S2. The van der Waals surface area contributed by atoms with Crippen LogP contribution in [0, 0.1) is 29.8 Å². The van der Waals surface area contributed by atoms with E-state index in [0.29, 0.717) is 11.8 Å². The van der Waals surface area contributed by atoms with Gasteiger partial charge >= 0.3 is 6.18 Å². The first-order valence-corrected chi connectivity index (χ1v) is 11.5. The van der Waals surface area contributed by atoms with Crippen molar-refractivity contribution in [3.05, 3.63) is 58.5 Å². The smallest absolute Gasteiger partial charge is 0.348 e. The highest BCUT2D eigenvalue weighted by Gasteiger charge is 2.33. The predicted molar refractivity (Wildman–Crippen MR) is 118 cm³/mol. The van der Waals surface area contributed by atoms with Gasteiger partial charge in [0.1, 0.15) is 16.5 Å². The Morgan fingerprint density at radius 2 is 1.97 bits per heavy atom. The van der Waals surface area contributed by atoms with Crippen molar-refractivity contribution in [2.24, 2.45) is 0 Å². The third kappa shape index (κ3) is 7.56. The molecule has 0 aliphatic rings. The minimum atomic E-state index is -4.65. The molecule has 0 aliphatic heterocycles. The zero-order valence-corrected chi connectivity index (χ0v) is 18.5. The first-order chi connectivity index (χ1) is 15.3. The number of sulfonamides is 1. The minimum Gasteiger partial charge on any atom is -0.348 e. The number of hydrogen-bond donors (Lipinski definition) is 2. The van der Waals surface area contributed by atoms with Gasteiger partial charge in [0, 0.05) is 18.2 Å². The highest BCUT2D eigenvalue weighted by atomic mass is 32.2. The summed E-state index contributed by atoms with van der Waals surface area (Å²) >= 11 is 0.629. The van der Waals surface area contributed by atoms with Crippen LogP contribution in [-0.4, -0.2) is 25.6 Å². The molecule has 33 heavy (non-hydrogen) atoms. The first-order valence-electron chi connectivity index (χ1n) is 8.77. The number of anilines is 1. The second-order valence-corrected chi connectivity index (χ2v) is 8.95. The lowest BCUT2D eigenvalue weighted by Crippen LogP contribution is -2.20. The number of carbonyl (C=O) groups is 1. The monoisotopic (exact) mass is 497 g/mol. The van der Waals surface area contributed by atoms with E-state index in [-0.39, 0.29) is 33.9 Å². The SMILES string of the molecule is C#CSc1nc(C(F)(F)F)ccc1C=CC(=O)NCc1cc(F)c(NS(C)(=O)=O)c(C#C)c1. The van der Waals surface area contributed by atoms with Crippen LogP contribution in [0.5, 0.6) is 0 Å². The van der Waals surface area contributed by atoms with E-state index in [2.05, 4.69) is 21.5 Å². The molecule has 1 aromatic carbocycles. The standard InChI is InChI=1S/C21H15F4N3O3S2/c1-4-14-10-13(11-16(22)19(14)28-33(3,30)31)12-26-18(29)9-7-15-6-8-17(21(23,24)25)27-20(15)32-5-2/h1-2,6-11,28H,12H2,3H3,(H,26,29). The highest BCUT2D eigenvalue weighted by Crippen LogP contribution is 2.31. The number of pyridine rings is 1. The quantitative estimate of drug-likeness (QED) is 0.264. The number of benzene rings is 1. The molecule has 2 aromatic rings. The molecule has 0 unspecified atom stereocenters. The lowest BCUT2D eigenvalue weighted by molar-refractivity contribution is -0.141. The van der Waals surface area contributed by atoms with Crippen LogP contribution in [0.2, 0.25) is 0 Å². The van der Waals surface area contributed by atoms with Crippen molar-refractivity contribution in [1.82, 2.24) is 10.3 Å². The van der Waals surface area contributed by atoms with Crippen molar-refractivity contribution >= 4 is 39.5 Å². The van der Waals surface area contributed by atoms with Crippen LogP contribution in [0.15, 0.2) is 35.4 Å². The fraction of sp³-hybridized carbons (Fsp3) is 0.143. The van der Waals surface area contributed by atoms with Crippen molar-refractivity contribution in [3.8, 4) is 24.0 Å². The van der Waals surface area contributed by atoms with Gasteiger partial charge in [-0.3, -0.25) is 9.52 Å². The molecule has 172 valence electrons. The van der Waals surface area contributed by atoms with E-state index >= 15 is 0 Å². The number of carbonyl (C=O) groups excluding carboxylic acids is 1. The van der Waals surface area contributed by atoms with Gasteiger partial charge in [0.15, 0.2) is 0 Å². The van der Waals surface area contributed by atoms with Crippen LogP contribution in [0.1, 0.15) is 22.4 Å². The average Bonchev–Trinajstić information content (AvgIpc) is 2.71. The Balaban J connectivity index is 2.16. The van der Waals surface area contributed by atoms with Crippen LogP contribution in [0.25, 0.3) is 6.08 Å². The fourth-order valence-corrected chi connectivity index (χ4v) is 3.54. The molecule has 2 N–H and O–H groups in total. The van der Waals surface area contributed by atoms with E-state index in [1.807, 2.05) is 4.72 Å². The van der Waals surface area contributed by atoms with Gasteiger partial charge in [-0.2, -0.15) is 13.2 Å². The van der Waals surface area contributed by atoms with Crippen LogP contribution in [0.3, 0.4) is 0 Å². The number of hydrogen-bond acceptors (Lipinski definition) is 5. The van der Waals surface area contributed by atoms with E-state index in [4.69, 9.17) is 12.8 Å². The molecule has 0 spiro atoms. The summed E-state index contributed by atoms with van der Waals surface area (Å²) in [7, 11) is -3.77.